The van der Waals surface area contributed by atoms with Crippen molar-refractivity contribution in [2.75, 3.05) is 13.1 Å². The Bertz CT molecular complexity index is 675. The SMILES string of the molecule is FC(F)(F)c1cc2c(cc1C(F)(F)F)C1CCCN3CCCC(C2)C13. The van der Waals surface area contributed by atoms with E-state index >= 15 is 0 Å². The quantitative estimate of drug-likeness (QED) is 0.570. The third kappa shape index (κ3) is 2.84. The fraction of sp³-hybridized carbons (Fsp3) is 0.667. The molecule has 2 heterocycles. The molecule has 4 rings (SSSR count). The van der Waals surface area contributed by atoms with Gasteiger partial charge in [0.25, 0.3) is 0 Å². The third-order valence-electron chi connectivity index (χ3n) is 6.07. The average molecular weight is 363 g/mol. The van der Waals surface area contributed by atoms with Crippen LogP contribution in [0.4, 0.5) is 26.3 Å². The van der Waals surface area contributed by atoms with Gasteiger partial charge in [-0.1, -0.05) is 0 Å². The van der Waals surface area contributed by atoms with E-state index in [1.165, 1.54) is 0 Å². The van der Waals surface area contributed by atoms with Crippen LogP contribution in [0.5, 0.6) is 0 Å². The molecule has 0 aromatic heterocycles. The lowest BCUT2D eigenvalue weighted by atomic mass is 9.66. The second-order valence-electron chi connectivity index (χ2n) is 7.47. The van der Waals surface area contributed by atoms with Crippen LogP contribution in [0.3, 0.4) is 0 Å². The summed E-state index contributed by atoms with van der Waals surface area (Å²) in [4.78, 5) is 2.34. The minimum Gasteiger partial charge on any atom is -0.299 e. The number of benzene rings is 1. The molecule has 138 valence electrons. The zero-order valence-electron chi connectivity index (χ0n) is 13.6. The van der Waals surface area contributed by atoms with Crippen LogP contribution in [0.15, 0.2) is 12.1 Å². The number of rotatable bonds is 0. The second kappa shape index (κ2) is 5.63. The van der Waals surface area contributed by atoms with Gasteiger partial charge < -0.3 is 0 Å². The predicted octanol–water partition coefficient (Wildman–Crippen LogP) is 5.24. The summed E-state index contributed by atoms with van der Waals surface area (Å²) in [5, 5.41) is 0. The Morgan fingerprint density at radius 3 is 2.08 bits per heavy atom. The van der Waals surface area contributed by atoms with E-state index in [-0.39, 0.29) is 17.9 Å². The molecule has 3 aliphatic rings. The molecule has 25 heavy (non-hydrogen) atoms. The predicted molar refractivity (Wildman–Crippen MR) is 80.2 cm³/mol. The smallest absolute Gasteiger partial charge is 0.299 e. The molecule has 2 fully saturated rings. The van der Waals surface area contributed by atoms with Gasteiger partial charge in [0.1, 0.15) is 0 Å². The molecular weight excluding hydrogens is 344 g/mol. The number of nitrogens with zero attached hydrogens (tertiary/aromatic N) is 1. The fourth-order valence-electron chi connectivity index (χ4n) is 5.20. The summed E-state index contributed by atoms with van der Waals surface area (Å²) in [5.74, 6) is 0.176. The van der Waals surface area contributed by atoms with Crippen molar-refractivity contribution < 1.29 is 26.3 Å². The van der Waals surface area contributed by atoms with E-state index in [0.717, 1.165) is 50.9 Å². The number of piperidine rings is 2. The first-order valence-corrected chi connectivity index (χ1v) is 8.71. The highest BCUT2D eigenvalue weighted by Gasteiger charge is 2.48. The summed E-state index contributed by atoms with van der Waals surface area (Å²) in [7, 11) is 0. The topological polar surface area (TPSA) is 3.24 Å². The van der Waals surface area contributed by atoms with Gasteiger partial charge in [0, 0.05) is 12.0 Å². The van der Waals surface area contributed by atoms with Crippen molar-refractivity contribution in [1.29, 1.82) is 0 Å². The molecule has 7 heteroatoms. The lowest BCUT2D eigenvalue weighted by Crippen LogP contribution is -2.54. The van der Waals surface area contributed by atoms with Gasteiger partial charge in [-0.3, -0.25) is 4.90 Å². The summed E-state index contributed by atoms with van der Waals surface area (Å²) in [5.41, 5.74) is -2.12. The van der Waals surface area contributed by atoms with Crippen LogP contribution in [0.2, 0.25) is 0 Å². The first-order valence-electron chi connectivity index (χ1n) is 8.71. The van der Waals surface area contributed by atoms with Gasteiger partial charge in [0.2, 0.25) is 0 Å². The molecule has 1 aliphatic carbocycles. The maximum Gasteiger partial charge on any atom is 0.417 e. The van der Waals surface area contributed by atoms with Crippen LogP contribution >= 0.6 is 0 Å². The molecule has 2 aliphatic heterocycles. The standard InChI is InChI=1S/C18H19F6N/c19-17(20,21)14-8-11-7-10-3-1-5-25-6-2-4-12(16(10)25)13(11)9-15(14)18(22,23)24/h8-10,12,16H,1-7H2. The lowest BCUT2D eigenvalue weighted by Gasteiger charge is -2.52. The van der Waals surface area contributed by atoms with Crippen LogP contribution < -0.4 is 0 Å². The van der Waals surface area contributed by atoms with Gasteiger partial charge in [-0.05, 0) is 74.4 Å². The highest BCUT2D eigenvalue weighted by atomic mass is 19.4. The first kappa shape index (κ1) is 17.2. The Kier molecular flexibility index (Phi) is 3.87. The van der Waals surface area contributed by atoms with Gasteiger partial charge in [-0.25, -0.2) is 0 Å². The van der Waals surface area contributed by atoms with E-state index in [4.69, 9.17) is 0 Å². The van der Waals surface area contributed by atoms with E-state index in [0.29, 0.717) is 17.5 Å². The first-order chi connectivity index (χ1) is 11.7. The van der Waals surface area contributed by atoms with E-state index in [1.807, 2.05) is 0 Å². The zero-order valence-corrected chi connectivity index (χ0v) is 13.6. The average Bonchev–Trinajstić information content (AvgIpc) is 2.52. The van der Waals surface area contributed by atoms with Gasteiger partial charge in [0.05, 0.1) is 11.1 Å². The Hall–Kier alpha value is -1.24. The molecule has 1 aromatic rings. The molecule has 1 nitrogen and oxygen atoms in total. The normalized spacial score (nSPS) is 29.9. The van der Waals surface area contributed by atoms with Crippen molar-refractivity contribution >= 4 is 0 Å². The van der Waals surface area contributed by atoms with Crippen LogP contribution in [-0.2, 0) is 18.8 Å². The van der Waals surface area contributed by atoms with Crippen molar-refractivity contribution in [2.45, 2.75) is 56.4 Å². The van der Waals surface area contributed by atoms with E-state index in [9.17, 15) is 26.3 Å². The van der Waals surface area contributed by atoms with E-state index in [1.54, 1.807) is 0 Å². The number of hydrogen-bond donors (Lipinski definition) is 0. The molecule has 2 saturated heterocycles. The zero-order chi connectivity index (χ0) is 18.0. The Balaban J connectivity index is 1.86. The summed E-state index contributed by atoms with van der Waals surface area (Å²) >= 11 is 0. The minimum absolute atomic E-state index is 0.0776. The Morgan fingerprint density at radius 1 is 0.840 bits per heavy atom. The van der Waals surface area contributed by atoms with E-state index < -0.39 is 23.5 Å². The molecule has 0 saturated carbocycles. The molecular formula is C18H19F6N. The molecule has 3 unspecified atom stereocenters. The number of fused-ring (bicyclic) bond motifs is 2. The number of hydrogen-bond acceptors (Lipinski definition) is 1. The molecule has 3 atom stereocenters. The van der Waals surface area contributed by atoms with Gasteiger partial charge in [0.15, 0.2) is 0 Å². The van der Waals surface area contributed by atoms with Gasteiger partial charge >= 0.3 is 12.4 Å². The van der Waals surface area contributed by atoms with Crippen LogP contribution in [0.25, 0.3) is 0 Å². The maximum absolute atomic E-state index is 13.3. The van der Waals surface area contributed by atoms with Gasteiger partial charge in [-0.2, -0.15) is 26.3 Å². The highest BCUT2D eigenvalue weighted by Crippen LogP contribution is 2.50. The Labute approximate surface area is 142 Å². The van der Waals surface area contributed by atoms with Gasteiger partial charge in [-0.15, -0.1) is 0 Å². The van der Waals surface area contributed by atoms with Crippen molar-refractivity contribution in [3.05, 3.63) is 34.4 Å². The minimum atomic E-state index is -5.00. The number of halogens is 6. The summed E-state index contributed by atoms with van der Waals surface area (Å²) in [6.45, 7) is 1.89. The summed E-state index contributed by atoms with van der Waals surface area (Å²) in [6, 6.07) is 1.77. The molecule has 0 amide bonds. The molecule has 0 N–H and O–H groups in total. The third-order valence-corrected chi connectivity index (χ3v) is 6.07. The highest BCUT2D eigenvalue weighted by molar-refractivity contribution is 5.46. The lowest BCUT2D eigenvalue weighted by molar-refractivity contribution is -0.162. The fourth-order valence-corrected chi connectivity index (χ4v) is 5.20. The Morgan fingerprint density at radius 2 is 1.44 bits per heavy atom. The van der Waals surface area contributed by atoms with Crippen LogP contribution in [-0.4, -0.2) is 24.0 Å². The molecule has 0 radical (unpaired) electrons. The second-order valence-corrected chi connectivity index (χ2v) is 7.47. The molecule has 1 aromatic carbocycles. The summed E-state index contributed by atoms with van der Waals surface area (Å²) < 4.78 is 79.6. The summed E-state index contributed by atoms with van der Waals surface area (Å²) in [6.07, 6.45) is -5.95. The maximum atomic E-state index is 13.3. The van der Waals surface area contributed by atoms with Crippen LogP contribution in [0, 0.1) is 5.92 Å². The molecule has 0 spiro atoms. The van der Waals surface area contributed by atoms with Crippen molar-refractivity contribution in [3.63, 3.8) is 0 Å². The van der Waals surface area contributed by atoms with Crippen molar-refractivity contribution in [2.24, 2.45) is 5.92 Å². The van der Waals surface area contributed by atoms with Crippen molar-refractivity contribution in [1.82, 2.24) is 4.90 Å². The molecule has 0 bridgehead atoms. The number of alkyl halides is 6. The monoisotopic (exact) mass is 363 g/mol. The van der Waals surface area contributed by atoms with Crippen molar-refractivity contribution in [3.8, 4) is 0 Å². The van der Waals surface area contributed by atoms with E-state index in [2.05, 4.69) is 4.90 Å². The van der Waals surface area contributed by atoms with Crippen LogP contribution in [0.1, 0.15) is 53.9 Å². The largest absolute Gasteiger partial charge is 0.417 e.